The number of benzene rings is 1. The lowest BCUT2D eigenvalue weighted by molar-refractivity contribution is -0.144. The van der Waals surface area contributed by atoms with Crippen LogP contribution in [0.1, 0.15) is 12.0 Å². The van der Waals surface area contributed by atoms with Gasteiger partial charge in [0.1, 0.15) is 0 Å². The lowest BCUT2D eigenvalue weighted by Gasteiger charge is -2.31. The Morgan fingerprint density at radius 3 is 2.75 bits per heavy atom. The van der Waals surface area contributed by atoms with Crippen LogP contribution in [0.15, 0.2) is 35.7 Å². The average molecular weight is 341 g/mol. The maximum atomic E-state index is 12.9. The van der Waals surface area contributed by atoms with E-state index in [1.54, 1.807) is 11.3 Å². The minimum Gasteiger partial charge on any atom is -0.398 e. The summed E-state index contributed by atoms with van der Waals surface area (Å²) >= 11 is 1.65. The van der Waals surface area contributed by atoms with E-state index in [1.807, 2.05) is 40.6 Å². The van der Waals surface area contributed by atoms with Gasteiger partial charge in [0, 0.05) is 35.7 Å². The second-order valence-corrected chi connectivity index (χ2v) is 7.58. The molecule has 2 fully saturated rings. The molecule has 2 aromatic rings. The van der Waals surface area contributed by atoms with Crippen molar-refractivity contribution in [1.29, 1.82) is 0 Å². The first-order valence-corrected chi connectivity index (χ1v) is 9.00. The number of hydrogen-bond acceptors (Lipinski definition) is 4. The van der Waals surface area contributed by atoms with Crippen LogP contribution in [0.3, 0.4) is 0 Å². The molecule has 3 heterocycles. The first-order valence-electron chi connectivity index (χ1n) is 8.12. The van der Waals surface area contributed by atoms with Gasteiger partial charge in [-0.25, -0.2) is 5.41 Å². The fraction of sp³-hybridized carbons (Fsp3) is 0.333. The molecule has 2 unspecified atom stereocenters. The minimum atomic E-state index is -0.0920. The number of thiophene rings is 1. The Labute approximate surface area is 145 Å². The van der Waals surface area contributed by atoms with Crippen LogP contribution in [0.4, 0.5) is 5.69 Å². The van der Waals surface area contributed by atoms with Gasteiger partial charge in [0.2, 0.25) is 0 Å². The predicted octanol–water partition coefficient (Wildman–Crippen LogP) is 0.460. The Balaban J connectivity index is 1.60. The third-order valence-corrected chi connectivity index (χ3v) is 6.07. The first kappa shape index (κ1) is 15.4. The second kappa shape index (κ2) is 5.72. The summed E-state index contributed by atoms with van der Waals surface area (Å²) in [7, 11) is 2.11. The quantitative estimate of drug-likeness (QED) is 0.629. The Morgan fingerprint density at radius 1 is 1.29 bits per heavy atom. The number of amides is 1. The molecule has 6 heteroatoms. The van der Waals surface area contributed by atoms with Crippen LogP contribution in [0.2, 0.25) is 0 Å². The highest BCUT2D eigenvalue weighted by molar-refractivity contribution is 7.13. The molecule has 1 aromatic heterocycles. The standard InChI is InChI=1S/C18H20N4OS/c1-21-9-13-8-12(21)10-22(13)18(23)17(20)14-7-11(4-5-15(14)19)16-3-2-6-24-16/h2-7,12-13,20H,8-10,19H2,1H3/p+1. The van der Waals surface area contributed by atoms with Gasteiger partial charge >= 0.3 is 5.91 Å². The monoisotopic (exact) mass is 341 g/mol. The molecular weight excluding hydrogens is 320 g/mol. The lowest BCUT2D eigenvalue weighted by atomic mass is 10.0. The highest BCUT2D eigenvalue weighted by atomic mass is 32.1. The van der Waals surface area contributed by atoms with Crippen LogP contribution >= 0.6 is 11.3 Å². The fourth-order valence-electron chi connectivity index (χ4n) is 3.77. The number of fused-ring (bicyclic) bond motifs is 2. The molecule has 2 atom stereocenters. The summed E-state index contributed by atoms with van der Waals surface area (Å²) in [4.78, 5) is 18.3. The summed E-state index contributed by atoms with van der Waals surface area (Å²) in [5.41, 5.74) is 8.57. The van der Waals surface area contributed by atoms with Gasteiger partial charge in [-0.1, -0.05) is 12.1 Å². The van der Waals surface area contributed by atoms with Gasteiger partial charge < -0.3 is 10.6 Å². The average Bonchev–Trinajstić information content (AvgIpc) is 3.30. The van der Waals surface area contributed by atoms with Crippen molar-refractivity contribution in [2.24, 2.45) is 0 Å². The number of anilines is 1. The molecule has 0 radical (unpaired) electrons. The van der Waals surface area contributed by atoms with Crippen LogP contribution in [-0.2, 0) is 4.79 Å². The van der Waals surface area contributed by atoms with Crippen LogP contribution in [0.25, 0.3) is 10.4 Å². The largest absolute Gasteiger partial charge is 0.398 e. The van der Waals surface area contributed by atoms with Gasteiger partial charge in [0.25, 0.3) is 5.71 Å². The Kier molecular flexibility index (Phi) is 3.66. The molecule has 4 N–H and O–H groups in total. The summed E-state index contributed by atoms with van der Waals surface area (Å²) in [6.45, 7) is 1.68. The van der Waals surface area contributed by atoms with Gasteiger partial charge in [-0.15, -0.1) is 11.3 Å². The highest BCUT2D eigenvalue weighted by Gasteiger charge is 2.45. The van der Waals surface area contributed by atoms with Crippen molar-refractivity contribution in [1.82, 2.24) is 9.80 Å². The number of nitrogen functional groups attached to an aromatic ring is 1. The van der Waals surface area contributed by atoms with Crippen molar-refractivity contribution in [2.75, 3.05) is 25.9 Å². The summed E-state index contributed by atoms with van der Waals surface area (Å²) < 4.78 is 0. The van der Waals surface area contributed by atoms with Gasteiger partial charge in [0.05, 0.1) is 5.56 Å². The molecule has 2 aliphatic rings. The third kappa shape index (κ3) is 2.42. The number of hydrogen-bond donors (Lipinski definition) is 2. The van der Waals surface area contributed by atoms with Crippen molar-refractivity contribution in [3.63, 3.8) is 0 Å². The van der Waals surface area contributed by atoms with E-state index >= 15 is 0 Å². The topological polar surface area (TPSA) is 75.2 Å². The van der Waals surface area contributed by atoms with E-state index in [1.165, 1.54) is 0 Å². The van der Waals surface area contributed by atoms with Crippen molar-refractivity contribution in [2.45, 2.75) is 18.5 Å². The third-order valence-electron chi connectivity index (χ3n) is 5.15. The van der Waals surface area contributed by atoms with Gasteiger partial charge in [0.15, 0.2) is 0 Å². The lowest BCUT2D eigenvalue weighted by Crippen LogP contribution is -2.56. The second-order valence-electron chi connectivity index (χ2n) is 6.63. The number of rotatable bonds is 3. The van der Waals surface area contributed by atoms with Crippen molar-refractivity contribution in [3.05, 3.63) is 41.3 Å². The molecule has 1 aromatic carbocycles. The number of nitrogens with two attached hydrogens (primary N) is 2. The SMILES string of the molecule is CN1CC2CC1CN2C(=O)C(=[NH2+])c1cc(-c2cccs2)ccc1N. The van der Waals surface area contributed by atoms with Crippen LogP contribution < -0.4 is 11.1 Å². The van der Waals surface area contributed by atoms with E-state index < -0.39 is 0 Å². The van der Waals surface area contributed by atoms with E-state index in [-0.39, 0.29) is 17.7 Å². The molecule has 2 saturated heterocycles. The fourth-order valence-corrected chi connectivity index (χ4v) is 4.49. The van der Waals surface area contributed by atoms with Crippen LogP contribution in [0.5, 0.6) is 0 Å². The van der Waals surface area contributed by atoms with Gasteiger partial charge in [-0.2, -0.15) is 0 Å². The molecule has 0 spiro atoms. The maximum Gasteiger partial charge on any atom is 0.319 e. The Hall–Kier alpha value is -2.18. The molecule has 24 heavy (non-hydrogen) atoms. The molecule has 124 valence electrons. The van der Waals surface area contributed by atoms with Crippen molar-refractivity contribution < 1.29 is 10.2 Å². The molecule has 1 amide bonds. The number of carbonyl (C=O) groups excluding carboxylic acids is 1. The predicted molar refractivity (Wildman–Crippen MR) is 96.7 cm³/mol. The van der Waals surface area contributed by atoms with E-state index in [0.717, 1.165) is 30.0 Å². The minimum absolute atomic E-state index is 0.0920. The molecule has 4 rings (SSSR count). The Morgan fingerprint density at radius 2 is 2.12 bits per heavy atom. The molecule has 0 aliphatic carbocycles. The summed E-state index contributed by atoms with van der Waals surface area (Å²) in [5.74, 6) is -0.0920. The van der Waals surface area contributed by atoms with Crippen molar-refractivity contribution >= 4 is 28.6 Å². The summed E-state index contributed by atoms with van der Waals surface area (Å²) in [6.07, 6.45) is 1.04. The zero-order valence-electron chi connectivity index (χ0n) is 13.6. The molecule has 0 saturated carbocycles. The normalized spacial score (nSPS) is 23.0. The number of nitrogens with zero attached hydrogens (tertiary/aromatic N) is 2. The number of likely N-dealkylation sites (N-methyl/N-ethyl adjacent to an activating group) is 1. The van der Waals surface area contributed by atoms with Crippen LogP contribution in [-0.4, -0.2) is 53.6 Å². The zero-order chi connectivity index (χ0) is 16.8. The van der Waals surface area contributed by atoms with E-state index in [4.69, 9.17) is 11.1 Å². The number of likely N-dealkylation sites (tertiary alicyclic amines) is 2. The van der Waals surface area contributed by atoms with Crippen LogP contribution in [0, 0.1) is 0 Å². The van der Waals surface area contributed by atoms with E-state index in [9.17, 15) is 4.79 Å². The number of piperazine rings is 1. The van der Waals surface area contributed by atoms with Crippen molar-refractivity contribution in [3.8, 4) is 10.4 Å². The van der Waals surface area contributed by atoms with E-state index in [2.05, 4.69) is 11.9 Å². The smallest absolute Gasteiger partial charge is 0.319 e. The number of carbonyl (C=O) groups is 1. The van der Waals surface area contributed by atoms with E-state index in [0.29, 0.717) is 17.3 Å². The maximum absolute atomic E-state index is 12.9. The Bertz CT molecular complexity index is 799. The molecule has 2 bridgehead atoms. The molecular formula is C18H21N4OS+. The first-order chi connectivity index (χ1) is 11.5. The highest BCUT2D eigenvalue weighted by Crippen LogP contribution is 2.31. The zero-order valence-corrected chi connectivity index (χ0v) is 14.4. The van der Waals surface area contributed by atoms with Gasteiger partial charge in [-0.05, 0) is 42.6 Å². The van der Waals surface area contributed by atoms with Gasteiger partial charge in [-0.3, -0.25) is 9.69 Å². The molecule has 5 nitrogen and oxygen atoms in total. The summed E-state index contributed by atoms with van der Waals surface area (Å²) in [5, 5.41) is 8.27. The molecule has 2 aliphatic heterocycles. The summed E-state index contributed by atoms with van der Waals surface area (Å²) in [6, 6.07) is 10.5.